The van der Waals surface area contributed by atoms with Crippen LogP contribution in [0.3, 0.4) is 0 Å². The molecule has 1 saturated carbocycles. The fourth-order valence-corrected chi connectivity index (χ4v) is 4.20. The van der Waals surface area contributed by atoms with Gasteiger partial charge in [0.05, 0.1) is 6.10 Å². The summed E-state index contributed by atoms with van der Waals surface area (Å²) < 4.78 is 5.96. The van der Waals surface area contributed by atoms with E-state index < -0.39 is 6.10 Å². The van der Waals surface area contributed by atoms with E-state index in [0.717, 1.165) is 0 Å². The predicted molar refractivity (Wildman–Crippen MR) is 98.9 cm³/mol. The van der Waals surface area contributed by atoms with Crippen LogP contribution in [0.5, 0.6) is 5.75 Å². The third-order valence-electron chi connectivity index (χ3n) is 5.35. The van der Waals surface area contributed by atoms with Gasteiger partial charge in [-0.25, -0.2) is 5.10 Å². The van der Waals surface area contributed by atoms with Crippen molar-refractivity contribution in [3.63, 3.8) is 0 Å². The third-order valence-corrected chi connectivity index (χ3v) is 5.59. The number of aliphatic hydroxyl groups is 1. The highest BCUT2D eigenvalue weighted by molar-refractivity contribution is 6.30. The van der Waals surface area contributed by atoms with Crippen LogP contribution in [0.25, 0.3) is 0 Å². The molecule has 0 spiro atoms. The molecule has 142 valence electrons. The Bertz CT molecular complexity index is 882. The quantitative estimate of drug-likeness (QED) is 0.833. The van der Waals surface area contributed by atoms with Crippen molar-refractivity contribution in [1.82, 2.24) is 15.1 Å². The van der Waals surface area contributed by atoms with E-state index in [1.54, 1.807) is 17.0 Å². The molecule has 4 rings (SSSR count). The second-order valence-corrected chi connectivity index (χ2v) is 7.63. The molecule has 2 N–H and O–H groups in total. The fraction of sp³-hybridized carbons (Fsp3) is 0.421. The van der Waals surface area contributed by atoms with Gasteiger partial charge in [-0.1, -0.05) is 17.7 Å². The summed E-state index contributed by atoms with van der Waals surface area (Å²) in [5, 5.41) is 17.2. The number of ether oxygens (including phenoxy) is 1. The van der Waals surface area contributed by atoms with E-state index >= 15 is 0 Å². The monoisotopic (exact) mass is 389 g/mol. The van der Waals surface area contributed by atoms with Crippen LogP contribution in [-0.2, 0) is 0 Å². The minimum atomic E-state index is -0.591. The Balaban J connectivity index is 1.43. The summed E-state index contributed by atoms with van der Waals surface area (Å²) in [5.41, 5.74) is -0.119. The molecule has 8 heteroatoms. The Labute approximate surface area is 160 Å². The fourth-order valence-electron chi connectivity index (χ4n) is 4.02. The van der Waals surface area contributed by atoms with E-state index in [-0.39, 0.29) is 35.1 Å². The lowest BCUT2D eigenvalue weighted by atomic mass is 9.78. The minimum absolute atomic E-state index is 0.206. The number of hydrogen-bond donors (Lipinski definition) is 2. The number of aromatic nitrogens is 2. The van der Waals surface area contributed by atoms with Gasteiger partial charge in [0, 0.05) is 24.2 Å². The molecule has 0 bridgehead atoms. The highest BCUT2D eigenvalue weighted by atomic mass is 35.5. The van der Waals surface area contributed by atoms with Gasteiger partial charge in [-0.3, -0.25) is 9.59 Å². The molecule has 1 amide bonds. The summed E-state index contributed by atoms with van der Waals surface area (Å²) >= 11 is 6.00. The molecule has 4 atom stereocenters. The van der Waals surface area contributed by atoms with Gasteiger partial charge in [0.1, 0.15) is 17.5 Å². The molecule has 0 unspecified atom stereocenters. The molecule has 2 aliphatic rings. The van der Waals surface area contributed by atoms with E-state index in [1.807, 2.05) is 12.1 Å². The molecule has 1 saturated heterocycles. The first-order valence-corrected chi connectivity index (χ1v) is 9.32. The van der Waals surface area contributed by atoms with E-state index in [0.29, 0.717) is 36.7 Å². The number of nitrogens with one attached hydrogen (secondary N) is 1. The molecule has 2 fully saturated rings. The molecule has 2 heterocycles. The molecular formula is C19H20ClN3O4. The number of aliphatic hydroxyl groups excluding tert-OH is 1. The van der Waals surface area contributed by atoms with Crippen LogP contribution in [0.15, 0.2) is 41.2 Å². The molecule has 1 aliphatic carbocycles. The summed E-state index contributed by atoms with van der Waals surface area (Å²) in [6.45, 7) is 1.16. The number of fused-ring (bicyclic) bond motifs is 1. The zero-order valence-corrected chi connectivity index (χ0v) is 15.3. The van der Waals surface area contributed by atoms with E-state index in [1.165, 1.54) is 12.1 Å². The van der Waals surface area contributed by atoms with E-state index in [9.17, 15) is 14.7 Å². The second kappa shape index (κ2) is 7.32. The van der Waals surface area contributed by atoms with Crippen molar-refractivity contribution < 1.29 is 14.6 Å². The van der Waals surface area contributed by atoms with E-state index in [4.69, 9.17) is 16.3 Å². The number of rotatable bonds is 3. The maximum absolute atomic E-state index is 12.6. The van der Waals surface area contributed by atoms with Gasteiger partial charge in [-0.05, 0) is 48.9 Å². The van der Waals surface area contributed by atoms with Crippen LogP contribution in [0.4, 0.5) is 0 Å². The molecule has 0 radical (unpaired) electrons. The standard InChI is InChI=1S/C19H20ClN3O4/c20-13-2-1-3-14(8-13)27-17-7-12-10-23(9-11(12)6-16(17)24)19(26)15-4-5-18(25)22-21-15/h1-5,8,11-12,16-17,24H,6-7,9-10H2,(H,22,25)/t11-,12+,16+,17+/m0/s1. The van der Waals surface area contributed by atoms with Crippen LogP contribution in [0.1, 0.15) is 23.3 Å². The molecule has 1 aliphatic heterocycles. The lowest BCUT2D eigenvalue weighted by Crippen LogP contribution is -2.42. The largest absolute Gasteiger partial charge is 0.488 e. The van der Waals surface area contributed by atoms with Crippen LogP contribution in [-0.4, -0.2) is 51.4 Å². The van der Waals surface area contributed by atoms with Crippen molar-refractivity contribution in [2.45, 2.75) is 25.0 Å². The molecule has 1 aromatic heterocycles. The minimum Gasteiger partial charge on any atom is -0.488 e. The summed E-state index contributed by atoms with van der Waals surface area (Å²) in [7, 11) is 0. The predicted octanol–water partition coefficient (Wildman–Crippen LogP) is 1.71. The zero-order chi connectivity index (χ0) is 19.0. The van der Waals surface area contributed by atoms with Gasteiger partial charge in [-0.15, -0.1) is 0 Å². The highest BCUT2D eigenvalue weighted by Gasteiger charge is 2.44. The van der Waals surface area contributed by atoms with Crippen molar-refractivity contribution in [3.8, 4) is 5.75 Å². The first kappa shape index (κ1) is 18.0. The molecule has 27 heavy (non-hydrogen) atoms. The zero-order valence-electron chi connectivity index (χ0n) is 14.5. The molecule has 1 aromatic carbocycles. The maximum Gasteiger partial charge on any atom is 0.274 e. The lowest BCUT2D eigenvalue weighted by molar-refractivity contribution is -0.0231. The number of H-pyrrole nitrogens is 1. The summed E-state index contributed by atoms with van der Waals surface area (Å²) in [5.74, 6) is 0.908. The highest BCUT2D eigenvalue weighted by Crippen LogP contribution is 2.38. The van der Waals surface area contributed by atoms with Crippen LogP contribution >= 0.6 is 11.6 Å². The summed E-state index contributed by atoms with van der Waals surface area (Å²) in [4.78, 5) is 25.5. The van der Waals surface area contributed by atoms with Crippen LogP contribution in [0, 0.1) is 11.8 Å². The summed E-state index contributed by atoms with van der Waals surface area (Å²) in [6.07, 6.45) is 0.331. The van der Waals surface area contributed by atoms with Crippen LogP contribution in [0.2, 0.25) is 5.02 Å². The number of aromatic amines is 1. The van der Waals surface area contributed by atoms with Gasteiger partial charge >= 0.3 is 0 Å². The van der Waals surface area contributed by atoms with Crippen molar-refractivity contribution in [1.29, 1.82) is 0 Å². The average Bonchev–Trinajstić information content (AvgIpc) is 3.05. The molecule has 2 aromatic rings. The van der Waals surface area contributed by atoms with Crippen molar-refractivity contribution >= 4 is 17.5 Å². The van der Waals surface area contributed by atoms with Crippen molar-refractivity contribution in [2.24, 2.45) is 11.8 Å². The Morgan fingerprint density at radius 1 is 1.22 bits per heavy atom. The van der Waals surface area contributed by atoms with Gasteiger partial charge in [0.15, 0.2) is 0 Å². The lowest BCUT2D eigenvalue weighted by Gasteiger charge is -2.35. The Hall–Kier alpha value is -2.38. The number of carbonyl (C=O) groups excluding carboxylic acids is 1. The number of benzene rings is 1. The SMILES string of the molecule is O=C(c1ccc(=O)[nH]n1)N1C[C@H]2C[C@@H](Oc3cccc(Cl)c3)[C@H](O)C[C@H]2C1. The van der Waals surface area contributed by atoms with E-state index in [2.05, 4.69) is 10.2 Å². The van der Waals surface area contributed by atoms with Gasteiger partial charge in [0.2, 0.25) is 0 Å². The van der Waals surface area contributed by atoms with Crippen molar-refractivity contribution in [3.05, 3.63) is 57.5 Å². The normalized spacial score (nSPS) is 27.3. The molecular weight excluding hydrogens is 370 g/mol. The van der Waals surface area contributed by atoms with Gasteiger partial charge in [-0.2, -0.15) is 5.10 Å². The number of carbonyl (C=O) groups is 1. The van der Waals surface area contributed by atoms with Crippen molar-refractivity contribution in [2.75, 3.05) is 13.1 Å². The first-order valence-electron chi connectivity index (χ1n) is 8.95. The molecule has 7 nitrogen and oxygen atoms in total. The number of halogens is 1. The Morgan fingerprint density at radius 3 is 2.70 bits per heavy atom. The second-order valence-electron chi connectivity index (χ2n) is 7.19. The van der Waals surface area contributed by atoms with Crippen LogP contribution < -0.4 is 10.3 Å². The summed E-state index contributed by atoms with van der Waals surface area (Å²) in [6, 6.07) is 9.85. The average molecular weight is 390 g/mol. The Morgan fingerprint density at radius 2 is 2.00 bits per heavy atom. The smallest absolute Gasteiger partial charge is 0.274 e. The third kappa shape index (κ3) is 3.84. The number of amides is 1. The first-order chi connectivity index (χ1) is 13.0. The Kier molecular flexibility index (Phi) is 4.88. The number of hydrogen-bond acceptors (Lipinski definition) is 5. The topological polar surface area (TPSA) is 95.5 Å². The maximum atomic E-state index is 12.6. The number of likely N-dealkylation sites (tertiary alicyclic amines) is 1. The number of nitrogens with zero attached hydrogens (tertiary/aromatic N) is 2. The van der Waals surface area contributed by atoms with Gasteiger partial charge < -0.3 is 14.7 Å². The van der Waals surface area contributed by atoms with Gasteiger partial charge in [0.25, 0.3) is 11.5 Å².